The fourth-order valence-electron chi connectivity index (χ4n) is 4.86. The van der Waals surface area contributed by atoms with E-state index in [1.165, 1.54) is 116 Å². The molecule has 6 nitrogen and oxygen atoms in total. The summed E-state index contributed by atoms with van der Waals surface area (Å²) >= 11 is 0. The predicted octanol–water partition coefficient (Wildman–Crippen LogP) is 9.64. The molecule has 0 aliphatic rings. The maximum atomic E-state index is 10.1. The van der Waals surface area contributed by atoms with E-state index in [1.807, 2.05) is 0 Å². The minimum Gasteiger partial charge on any atom is -0.550 e. The molecule has 0 fully saturated rings. The number of unbranched alkanes of at least 4 members (excludes halogenated alkanes) is 21. The topological polar surface area (TPSA) is 120 Å². The molecule has 0 amide bonds. The summed E-state index contributed by atoms with van der Waals surface area (Å²) in [5.74, 6) is -2.75. The summed E-state index contributed by atoms with van der Waals surface area (Å²) in [5.41, 5.74) is 0. The van der Waals surface area contributed by atoms with Gasteiger partial charge in [-0.2, -0.15) is 0 Å². The van der Waals surface area contributed by atoms with Crippen LogP contribution in [0.5, 0.6) is 0 Å². The molecule has 49 heavy (non-hydrogen) atoms. The molecule has 0 saturated carbocycles. The Hall–Kier alpha value is -1.02. The molecular formula is C42H75NdO6. The van der Waals surface area contributed by atoms with Gasteiger partial charge < -0.3 is 29.7 Å². The van der Waals surface area contributed by atoms with Gasteiger partial charge in [0.25, 0.3) is 0 Å². The average molecular weight is 820 g/mol. The molecular weight excluding hydrogens is 745 g/mol. The summed E-state index contributed by atoms with van der Waals surface area (Å²) in [6, 6.07) is 0. The molecule has 283 valence electrons. The van der Waals surface area contributed by atoms with Crippen LogP contribution >= 0.6 is 0 Å². The van der Waals surface area contributed by atoms with Crippen LogP contribution < -0.4 is 15.3 Å². The van der Waals surface area contributed by atoms with Crippen molar-refractivity contribution in [3.05, 3.63) is 36.5 Å². The van der Waals surface area contributed by atoms with E-state index in [0.29, 0.717) is 0 Å². The number of aliphatic carboxylic acids is 3. The molecule has 0 heterocycles. The third-order valence-corrected chi connectivity index (χ3v) is 7.93. The van der Waals surface area contributed by atoms with Crippen LogP contribution in [0.3, 0.4) is 0 Å². The standard InChI is InChI=1S/3C14H26O2.Nd/c3*1-2-3-4-5-6-7-8-9-10-11-12-13-14(15)16;/h3*5-6H,2-4,7-13H2,1H3,(H,15,16);/q;;;+3/p-3/b3*6-5-;. The fourth-order valence-corrected chi connectivity index (χ4v) is 4.86. The Balaban J connectivity index is -0.000000307. The maximum absolute atomic E-state index is 10.1. The van der Waals surface area contributed by atoms with Gasteiger partial charge in [-0.1, -0.05) is 154 Å². The fraction of sp³-hybridized carbons (Fsp3) is 0.786. The van der Waals surface area contributed by atoms with E-state index >= 15 is 0 Å². The second-order valence-corrected chi connectivity index (χ2v) is 12.9. The number of hydrogen-bond acceptors (Lipinski definition) is 6. The zero-order valence-corrected chi connectivity index (χ0v) is 35.3. The minimum absolute atomic E-state index is 0. The smallest absolute Gasteiger partial charge is 0.550 e. The number of carbonyl (C=O) groups is 3. The molecule has 0 N–H and O–H groups in total. The largest absolute Gasteiger partial charge is 3.00 e. The van der Waals surface area contributed by atoms with Gasteiger partial charge >= 0.3 is 40.8 Å². The molecule has 0 spiro atoms. The number of carbonyl (C=O) groups excluding carboxylic acids is 3. The van der Waals surface area contributed by atoms with Crippen molar-refractivity contribution in [1.82, 2.24) is 0 Å². The molecule has 0 aromatic rings. The van der Waals surface area contributed by atoms with Crippen molar-refractivity contribution < 1.29 is 70.5 Å². The van der Waals surface area contributed by atoms with Gasteiger partial charge in [-0.3, -0.25) is 0 Å². The molecule has 0 saturated heterocycles. The summed E-state index contributed by atoms with van der Waals surface area (Å²) in [7, 11) is 0. The van der Waals surface area contributed by atoms with Gasteiger partial charge in [0.15, 0.2) is 0 Å². The van der Waals surface area contributed by atoms with Crippen molar-refractivity contribution in [3.63, 3.8) is 0 Å². The Morgan fingerprint density at radius 2 is 0.510 bits per heavy atom. The zero-order chi connectivity index (χ0) is 36.2. The van der Waals surface area contributed by atoms with Crippen LogP contribution in [0.1, 0.15) is 213 Å². The van der Waals surface area contributed by atoms with Crippen LogP contribution in [0.4, 0.5) is 0 Å². The predicted molar refractivity (Wildman–Crippen MR) is 198 cm³/mol. The monoisotopic (exact) mass is 817 g/mol. The first-order valence-corrected chi connectivity index (χ1v) is 19.9. The summed E-state index contributed by atoms with van der Waals surface area (Å²) in [6.07, 6.45) is 45.3. The average Bonchev–Trinajstić information content (AvgIpc) is 3.05. The summed E-state index contributed by atoms with van der Waals surface area (Å²) < 4.78 is 0. The number of carboxylic acid groups (broad SMARTS) is 3. The van der Waals surface area contributed by atoms with Crippen LogP contribution in [-0.2, 0) is 14.4 Å². The van der Waals surface area contributed by atoms with Gasteiger partial charge in [0.05, 0.1) is 0 Å². The van der Waals surface area contributed by atoms with E-state index < -0.39 is 17.9 Å². The van der Waals surface area contributed by atoms with E-state index in [2.05, 4.69) is 57.2 Å². The van der Waals surface area contributed by atoms with E-state index in [1.54, 1.807) is 0 Å². The molecule has 0 aromatic carbocycles. The van der Waals surface area contributed by atoms with Crippen molar-refractivity contribution in [3.8, 4) is 0 Å². The normalized spacial score (nSPS) is 10.8. The van der Waals surface area contributed by atoms with Crippen molar-refractivity contribution in [2.75, 3.05) is 0 Å². The Morgan fingerprint density at radius 3 is 0.714 bits per heavy atom. The van der Waals surface area contributed by atoms with Gasteiger partial charge in [0.1, 0.15) is 0 Å². The Labute approximate surface area is 336 Å². The second-order valence-electron chi connectivity index (χ2n) is 12.9. The van der Waals surface area contributed by atoms with Gasteiger partial charge in [0, 0.05) is 17.9 Å². The first-order valence-electron chi connectivity index (χ1n) is 19.9. The maximum Gasteiger partial charge on any atom is 3.00 e. The number of rotatable bonds is 33. The van der Waals surface area contributed by atoms with Crippen molar-refractivity contribution in [1.29, 1.82) is 0 Å². The van der Waals surface area contributed by atoms with E-state index in [4.69, 9.17) is 0 Å². The Kier molecular flexibility index (Phi) is 57.4. The van der Waals surface area contributed by atoms with Gasteiger partial charge in [-0.15, -0.1) is 0 Å². The first kappa shape index (κ1) is 54.7. The molecule has 0 unspecified atom stereocenters. The number of hydrogen-bond donors (Lipinski definition) is 0. The molecule has 0 rings (SSSR count). The van der Waals surface area contributed by atoms with Gasteiger partial charge in [-0.05, 0) is 96.3 Å². The second kappa shape index (κ2) is 51.4. The van der Waals surface area contributed by atoms with E-state index in [9.17, 15) is 29.7 Å². The SMILES string of the molecule is CCCC/C=C\CCCCCCCC(=O)[O-].CCCC/C=C\CCCCCCCC(=O)[O-].CCCC/C=C\CCCCCCCC(=O)[O-].[Nd+3]. The first-order chi connectivity index (χ1) is 23.3. The number of allylic oxidation sites excluding steroid dienone is 6. The molecule has 7 heteroatoms. The minimum atomic E-state index is -0.918. The third kappa shape index (κ3) is 65.9. The quantitative estimate of drug-likeness (QED) is 0.0481. The Morgan fingerprint density at radius 1 is 0.327 bits per heavy atom. The Bertz CT molecular complexity index is 662. The van der Waals surface area contributed by atoms with Crippen molar-refractivity contribution >= 4 is 17.9 Å². The number of carboxylic acids is 3. The van der Waals surface area contributed by atoms with E-state index in [0.717, 1.165) is 57.8 Å². The molecule has 1 radical (unpaired) electrons. The summed E-state index contributed by atoms with van der Waals surface area (Å²) in [4.78, 5) is 30.4. The molecule has 0 aromatic heterocycles. The van der Waals surface area contributed by atoms with Crippen molar-refractivity contribution in [2.24, 2.45) is 0 Å². The van der Waals surface area contributed by atoms with Crippen LogP contribution in [0.2, 0.25) is 0 Å². The van der Waals surface area contributed by atoms with Crippen molar-refractivity contribution in [2.45, 2.75) is 213 Å². The van der Waals surface area contributed by atoms with Gasteiger partial charge in [-0.25, -0.2) is 0 Å². The van der Waals surface area contributed by atoms with Crippen LogP contribution in [0.25, 0.3) is 0 Å². The van der Waals surface area contributed by atoms with Crippen LogP contribution in [0.15, 0.2) is 36.5 Å². The molecule has 0 aliphatic carbocycles. The molecule has 0 aliphatic heterocycles. The summed E-state index contributed by atoms with van der Waals surface area (Å²) in [5, 5.41) is 30.4. The zero-order valence-electron chi connectivity index (χ0n) is 32.1. The third-order valence-electron chi connectivity index (χ3n) is 7.93. The van der Waals surface area contributed by atoms with Gasteiger partial charge in [0.2, 0.25) is 0 Å². The summed E-state index contributed by atoms with van der Waals surface area (Å²) in [6.45, 7) is 6.63. The van der Waals surface area contributed by atoms with Crippen LogP contribution in [0, 0.1) is 40.8 Å². The van der Waals surface area contributed by atoms with Crippen LogP contribution in [-0.4, -0.2) is 17.9 Å². The molecule has 0 bridgehead atoms. The van der Waals surface area contributed by atoms with E-state index in [-0.39, 0.29) is 60.1 Å². The molecule has 0 atom stereocenters.